The van der Waals surface area contributed by atoms with E-state index in [-0.39, 0.29) is 0 Å². The molecule has 0 aliphatic heterocycles. The van der Waals surface area contributed by atoms with Crippen molar-refractivity contribution in [1.82, 2.24) is 4.98 Å². The molecule has 0 aliphatic carbocycles. The fourth-order valence-electron chi connectivity index (χ4n) is 1.43. The van der Waals surface area contributed by atoms with Crippen LogP contribution in [0.25, 0.3) is 0 Å². The molecule has 1 rings (SSSR count). The van der Waals surface area contributed by atoms with Gasteiger partial charge in [0.2, 0.25) is 0 Å². The average Bonchev–Trinajstić information content (AvgIpc) is 2.61. The summed E-state index contributed by atoms with van der Waals surface area (Å²) in [6, 6.07) is 0.490. The van der Waals surface area contributed by atoms with E-state index in [1.54, 1.807) is 11.3 Å². The van der Waals surface area contributed by atoms with E-state index < -0.39 is 0 Å². The molecule has 0 amide bonds. The fraction of sp³-hybridized carbons (Fsp3) is 0.727. The van der Waals surface area contributed by atoms with Crippen LogP contribution in [0.5, 0.6) is 0 Å². The van der Waals surface area contributed by atoms with E-state index >= 15 is 0 Å². The Hall–Kier alpha value is -0.610. The first kappa shape index (κ1) is 12.5. The van der Waals surface area contributed by atoms with E-state index in [2.05, 4.69) is 37.6 Å². The maximum atomic E-state index is 5.59. The van der Waals surface area contributed by atoms with Crippen molar-refractivity contribution in [1.29, 1.82) is 0 Å². The summed E-state index contributed by atoms with van der Waals surface area (Å²) in [5.74, 6) is 0.651. The smallest absolute Gasteiger partial charge is 0.185 e. The summed E-state index contributed by atoms with van der Waals surface area (Å²) in [4.78, 5) is 7.92. The van der Waals surface area contributed by atoms with Crippen LogP contribution in [-0.4, -0.2) is 17.6 Å². The molecule has 0 saturated carbocycles. The van der Waals surface area contributed by atoms with E-state index in [1.165, 1.54) is 0 Å². The Labute approximate surface area is 96.3 Å². The zero-order valence-corrected chi connectivity index (χ0v) is 10.8. The monoisotopic (exact) mass is 227 g/mol. The predicted octanol–water partition coefficient (Wildman–Crippen LogP) is 2.47. The number of rotatable bonds is 5. The highest BCUT2D eigenvalue weighted by molar-refractivity contribution is 7.15. The van der Waals surface area contributed by atoms with Gasteiger partial charge in [0, 0.05) is 30.2 Å². The van der Waals surface area contributed by atoms with E-state index in [1.807, 2.05) is 6.20 Å². The van der Waals surface area contributed by atoms with Gasteiger partial charge in [0.15, 0.2) is 5.13 Å². The van der Waals surface area contributed by atoms with E-state index in [4.69, 9.17) is 5.73 Å². The Balaban J connectivity index is 2.79. The third-order valence-corrected chi connectivity index (χ3v) is 3.23. The summed E-state index contributed by atoms with van der Waals surface area (Å²) in [6.07, 6.45) is 1.88. The SMILES string of the molecule is CC(C)CN(c1ncc(CN)s1)C(C)C. The minimum atomic E-state index is 0.490. The zero-order valence-electron chi connectivity index (χ0n) is 10.0. The number of hydrogen-bond donors (Lipinski definition) is 1. The van der Waals surface area contributed by atoms with Crippen molar-refractivity contribution in [2.75, 3.05) is 11.4 Å². The number of aromatic nitrogens is 1. The maximum Gasteiger partial charge on any atom is 0.185 e. The van der Waals surface area contributed by atoms with Gasteiger partial charge in [0.05, 0.1) is 0 Å². The lowest BCUT2D eigenvalue weighted by Gasteiger charge is -2.27. The standard InChI is InChI=1S/C11H21N3S/c1-8(2)7-14(9(3)4)11-13-6-10(5-12)15-11/h6,8-9H,5,7,12H2,1-4H3. The van der Waals surface area contributed by atoms with Gasteiger partial charge in [0.25, 0.3) is 0 Å². The van der Waals surface area contributed by atoms with E-state index in [0.717, 1.165) is 16.6 Å². The molecule has 1 aromatic heterocycles. The highest BCUT2D eigenvalue weighted by Crippen LogP contribution is 2.24. The van der Waals surface area contributed by atoms with Gasteiger partial charge < -0.3 is 10.6 Å². The molecule has 3 nitrogen and oxygen atoms in total. The molecular formula is C11H21N3S. The van der Waals surface area contributed by atoms with Gasteiger partial charge in [-0.3, -0.25) is 0 Å². The molecule has 1 aromatic rings. The molecule has 2 N–H and O–H groups in total. The summed E-state index contributed by atoms with van der Waals surface area (Å²) in [5, 5.41) is 1.10. The minimum absolute atomic E-state index is 0.490. The quantitative estimate of drug-likeness (QED) is 0.840. The second-order valence-corrected chi connectivity index (χ2v) is 5.55. The Morgan fingerprint density at radius 3 is 2.47 bits per heavy atom. The topological polar surface area (TPSA) is 42.2 Å². The molecule has 0 aromatic carbocycles. The van der Waals surface area contributed by atoms with Gasteiger partial charge in [-0.2, -0.15) is 0 Å². The fourth-order valence-corrected chi connectivity index (χ4v) is 2.36. The molecule has 0 aliphatic rings. The molecule has 0 spiro atoms. The van der Waals surface area contributed by atoms with Gasteiger partial charge in [-0.1, -0.05) is 13.8 Å². The minimum Gasteiger partial charge on any atom is -0.345 e. The van der Waals surface area contributed by atoms with Crippen molar-refractivity contribution >= 4 is 16.5 Å². The van der Waals surface area contributed by atoms with Crippen LogP contribution in [0, 0.1) is 5.92 Å². The molecule has 4 heteroatoms. The van der Waals surface area contributed by atoms with Crippen LogP contribution in [0.4, 0.5) is 5.13 Å². The molecule has 0 fully saturated rings. The molecule has 15 heavy (non-hydrogen) atoms. The first-order valence-electron chi connectivity index (χ1n) is 5.46. The van der Waals surface area contributed by atoms with Gasteiger partial charge in [-0.25, -0.2) is 4.98 Å². The number of thiazole rings is 1. The Bertz CT molecular complexity index is 294. The molecular weight excluding hydrogens is 206 g/mol. The molecule has 0 atom stereocenters. The number of nitrogens with zero attached hydrogens (tertiary/aromatic N) is 2. The number of anilines is 1. The summed E-state index contributed by atoms with van der Waals surface area (Å²) >= 11 is 1.70. The van der Waals surface area contributed by atoms with Crippen LogP contribution in [-0.2, 0) is 6.54 Å². The third-order valence-electron chi connectivity index (χ3n) is 2.17. The molecule has 0 bridgehead atoms. The van der Waals surface area contributed by atoms with Crippen LogP contribution in [0.2, 0.25) is 0 Å². The average molecular weight is 227 g/mol. The maximum absolute atomic E-state index is 5.59. The van der Waals surface area contributed by atoms with Crippen molar-refractivity contribution in [3.05, 3.63) is 11.1 Å². The zero-order chi connectivity index (χ0) is 11.4. The summed E-state index contributed by atoms with van der Waals surface area (Å²) in [6.45, 7) is 10.5. The third kappa shape index (κ3) is 3.47. The van der Waals surface area contributed by atoms with Gasteiger partial charge in [-0.15, -0.1) is 11.3 Å². The molecule has 0 radical (unpaired) electrons. The summed E-state index contributed by atoms with van der Waals surface area (Å²) in [5.41, 5.74) is 5.59. The van der Waals surface area contributed by atoms with E-state index in [0.29, 0.717) is 18.5 Å². The molecule has 0 saturated heterocycles. The summed E-state index contributed by atoms with van der Waals surface area (Å²) < 4.78 is 0. The number of nitrogens with two attached hydrogens (primary N) is 1. The Morgan fingerprint density at radius 2 is 2.07 bits per heavy atom. The lowest BCUT2D eigenvalue weighted by molar-refractivity contribution is 0.570. The second-order valence-electron chi connectivity index (χ2n) is 4.45. The van der Waals surface area contributed by atoms with Gasteiger partial charge in [0.1, 0.15) is 0 Å². The predicted molar refractivity (Wildman–Crippen MR) is 67.3 cm³/mol. The first-order valence-corrected chi connectivity index (χ1v) is 6.27. The van der Waals surface area contributed by atoms with Gasteiger partial charge in [-0.05, 0) is 19.8 Å². The van der Waals surface area contributed by atoms with E-state index in [9.17, 15) is 0 Å². The largest absolute Gasteiger partial charge is 0.345 e. The van der Waals surface area contributed by atoms with Crippen molar-refractivity contribution in [2.45, 2.75) is 40.3 Å². The lowest BCUT2D eigenvalue weighted by Crippen LogP contribution is -2.33. The highest BCUT2D eigenvalue weighted by atomic mass is 32.1. The number of hydrogen-bond acceptors (Lipinski definition) is 4. The lowest BCUT2D eigenvalue weighted by atomic mass is 10.2. The molecule has 1 heterocycles. The van der Waals surface area contributed by atoms with Crippen molar-refractivity contribution in [2.24, 2.45) is 11.7 Å². The second kappa shape index (κ2) is 5.47. The van der Waals surface area contributed by atoms with Crippen LogP contribution in [0.3, 0.4) is 0 Å². The summed E-state index contributed by atoms with van der Waals surface area (Å²) in [7, 11) is 0. The molecule has 0 unspecified atom stereocenters. The van der Waals surface area contributed by atoms with Crippen LogP contribution >= 0.6 is 11.3 Å². The van der Waals surface area contributed by atoms with Crippen LogP contribution < -0.4 is 10.6 Å². The van der Waals surface area contributed by atoms with Crippen molar-refractivity contribution in [3.8, 4) is 0 Å². The van der Waals surface area contributed by atoms with Gasteiger partial charge >= 0.3 is 0 Å². The highest BCUT2D eigenvalue weighted by Gasteiger charge is 2.15. The van der Waals surface area contributed by atoms with Crippen LogP contribution in [0.15, 0.2) is 6.20 Å². The molecule has 86 valence electrons. The first-order chi connectivity index (χ1) is 7.04. The Kier molecular flexibility index (Phi) is 4.54. The van der Waals surface area contributed by atoms with Crippen molar-refractivity contribution < 1.29 is 0 Å². The Morgan fingerprint density at radius 1 is 1.40 bits per heavy atom. The van der Waals surface area contributed by atoms with Crippen molar-refractivity contribution in [3.63, 3.8) is 0 Å². The normalized spacial score (nSPS) is 11.4. The van der Waals surface area contributed by atoms with Crippen LogP contribution in [0.1, 0.15) is 32.6 Å².